The number of pyridine rings is 1. The van der Waals surface area contributed by atoms with Gasteiger partial charge in [0.2, 0.25) is 0 Å². The quantitative estimate of drug-likeness (QED) is 0.746. The number of carbonyl (C=O) groups is 1. The number of likely N-dealkylation sites (tertiary alicyclic amines) is 1. The third kappa shape index (κ3) is 2.88. The van der Waals surface area contributed by atoms with Crippen LogP contribution in [0.2, 0.25) is 0 Å². The van der Waals surface area contributed by atoms with Gasteiger partial charge in [-0.3, -0.25) is 4.79 Å². The second kappa shape index (κ2) is 5.34. The van der Waals surface area contributed by atoms with E-state index in [1.165, 1.54) is 12.3 Å². The molecule has 1 aliphatic heterocycles. The lowest BCUT2D eigenvalue weighted by Gasteiger charge is -2.35. The Morgan fingerprint density at radius 1 is 1.44 bits per heavy atom. The van der Waals surface area contributed by atoms with E-state index in [4.69, 9.17) is 0 Å². The molecule has 2 unspecified atom stereocenters. The number of carbonyl (C=O) groups excluding carboxylic acids is 1. The topological polar surface area (TPSA) is 33.2 Å². The van der Waals surface area contributed by atoms with Gasteiger partial charge in [0.1, 0.15) is 4.60 Å². The van der Waals surface area contributed by atoms with Crippen molar-refractivity contribution < 1.29 is 9.18 Å². The molecule has 0 spiro atoms. The zero-order valence-electron chi connectivity index (χ0n) is 10.5. The molecule has 0 radical (unpaired) electrons. The van der Waals surface area contributed by atoms with Crippen LogP contribution in [0.4, 0.5) is 4.39 Å². The molecule has 5 heteroatoms. The maximum absolute atomic E-state index is 13.4. The maximum Gasteiger partial charge on any atom is 0.255 e. The summed E-state index contributed by atoms with van der Waals surface area (Å²) in [7, 11) is 0. The normalized spacial score (nSPS) is 24.1. The Labute approximate surface area is 115 Å². The molecule has 0 bridgehead atoms. The number of rotatable bonds is 1. The first-order valence-electron chi connectivity index (χ1n) is 6.07. The minimum absolute atomic E-state index is 0.132. The highest BCUT2D eigenvalue weighted by atomic mass is 79.9. The van der Waals surface area contributed by atoms with Crippen LogP contribution in [0.3, 0.4) is 0 Å². The van der Waals surface area contributed by atoms with Gasteiger partial charge in [-0.05, 0) is 40.3 Å². The highest BCUT2D eigenvalue weighted by molar-refractivity contribution is 9.10. The van der Waals surface area contributed by atoms with Gasteiger partial charge in [-0.25, -0.2) is 9.37 Å². The summed E-state index contributed by atoms with van der Waals surface area (Å²) >= 11 is 2.98. The molecule has 1 aliphatic rings. The van der Waals surface area contributed by atoms with Crippen molar-refractivity contribution in [3.05, 3.63) is 28.2 Å². The average Bonchev–Trinajstić information content (AvgIpc) is 2.30. The van der Waals surface area contributed by atoms with Gasteiger partial charge in [0.05, 0.1) is 5.56 Å². The Kier molecular flexibility index (Phi) is 4.00. The highest BCUT2D eigenvalue weighted by Gasteiger charge is 2.26. The summed E-state index contributed by atoms with van der Waals surface area (Å²) in [5.74, 6) is 0.350. The lowest BCUT2D eigenvalue weighted by atomic mass is 9.91. The Bertz CT molecular complexity index is 456. The minimum atomic E-state index is -0.501. The van der Waals surface area contributed by atoms with Crippen LogP contribution >= 0.6 is 15.9 Å². The van der Waals surface area contributed by atoms with Gasteiger partial charge in [-0.15, -0.1) is 0 Å². The van der Waals surface area contributed by atoms with E-state index in [-0.39, 0.29) is 10.5 Å². The van der Waals surface area contributed by atoms with Crippen molar-refractivity contribution in [3.8, 4) is 0 Å². The number of hydrogen-bond donors (Lipinski definition) is 0. The van der Waals surface area contributed by atoms with E-state index in [9.17, 15) is 9.18 Å². The molecule has 1 amide bonds. The number of hydrogen-bond acceptors (Lipinski definition) is 2. The standard InChI is InChI=1S/C13H16BrFN2O/c1-8-3-9(2)7-17(6-8)13(18)10-4-11(15)12(14)16-5-10/h4-5,8-9H,3,6-7H2,1-2H3. The summed E-state index contributed by atoms with van der Waals surface area (Å²) in [4.78, 5) is 17.9. The molecule has 0 aromatic carbocycles. The number of nitrogens with zero attached hydrogens (tertiary/aromatic N) is 2. The fraction of sp³-hybridized carbons (Fsp3) is 0.538. The molecule has 2 rings (SSSR count). The molecule has 2 heterocycles. The van der Waals surface area contributed by atoms with Crippen molar-refractivity contribution in [2.24, 2.45) is 11.8 Å². The molecular weight excluding hydrogens is 299 g/mol. The van der Waals surface area contributed by atoms with Gasteiger partial charge < -0.3 is 4.90 Å². The van der Waals surface area contributed by atoms with E-state index in [0.29, 0.717) is 17.4 Å². The molecule has 0 aliphatic carbocycles. The first kappa shape index (κ1) is 13.5. The van der Waals surface area contributed by atoms with Gasteiger partial charge in [0, 0.05) is 19.3 Å². The van der Waals surface area contributed by atoms with Gasteiger partial charge in [-0.2, -0.15) is 0 Å². The zero-order valence-corrected chi connectivity index (χ0v) is 12.1. The van der Waals surface area contributed by atoms with Crippen molar-refractivity contribution in [2.75, 3.05) is 13.1 Å². The summed E-state index contributed by atoms with van der Waals surface area (Å²) in [6.07, 6.45) is 2.55. The number of halogens is 2. The van der Waals surface area contributed by atoms with Crippen LogP contribution in [0.25, 0.3) is 0 Å². The molecule has 1 aromatic heterocycles. The smallest absolute Gasteiger partial charge is 0.255 e. The number of piperidine rings is 1. The Morgan fingerprint density at radius 2 is 2.06 bits per heavy atom. The van der Waals surface area contributed by atoms with Gasteiger partial charge in [0.15, 0.2) is 5.82 Å². The van der Waals surface area contributed by atoms with Crippen LogP contribution in [-0.2, 0) is 0 Å². The molecule has 2 atom stereocenters. The SMILES string of the molecule is CC1CC(C)CN(C(=O)c2cnc(Br)c(F)c2)C1. The van der Waals surface area contributed by atoms with Gasteiger partial charge in [-0.1, -0.05) is 13.8 Å². The predicted molar refractivity (Wildman–Crippen MR) is 70.7 cm³/mol. The van der Waals surface area contributed by atoms with E-state index < -0.39 is 5.82 Å². The molecule has 0 saturated carbocycles. The van der Waals surface area contributed by atoms with Crippen LogP contribution in [0.1, 0.15) is 30.6 Å². The largest absolute Gasteiger partial charge is 0.338 e. The number of amides is 1. The van der Waals surface area contributed by atoms with Gasteiger partial charge >= 0.3 is 0 Å². The fourth-order valence-electron chi connectivity index (χ4n) is 2.55. The third-order valence-corrected chi connectivity index (χ3v) is 3.78. The molecule has 98 valence electrons. The predicted octanol–water partition coefficient (Wildman–Crippen LogP) is 3.10. The fourth-order valence-corrected chi connectivity index (χ4v) is 2.77. The summed E-state index contributed by atoms with van der Waals surface area (Å²) in [5.41, 5.74) is 0.317. The Balaban J connectivity index is 2.17. The van der Waals surface area contributed by atoms with Crippen molar-refractivity contribution in [1.29, 1.82) is 0 Å². The molecule has 3 nitrogen and oxygen atoms in total. The molecule has 1 saturated heterocycles. The summed E-state index contributed by atoms with van der Waals surface area (Å²) in [5, 5.41) is 0. The molecule has 18 heavy (non-hydrogen) atoms. The first-order chi connectivity index (χ1) is 8.47. The third-order valence-electron chi connectivity index (χ3n) is 3.20. The highest BCUT2D eigenvalue weighted by Crippen LogP contribution is 2.23. The van der Waals surface area contributed by atoms with E-state index in [0.717, 1.165) is 19.5 Å². The van der Waals surface area contributed by atoms with Crippen LogP contribution in [0.15, 0.2) is 16.9 Å². The van der Waals surface area contributed by atoms with Crippen LogP contribution < -0.4 is 0 Å². The summed E-state index contributed by atoms with van der Waals surface area (Å²) in [6, 6.07) is 1.24. The van der Waals surface area contributed by atoms with Crippen LogP contribution in [0, 0.1) is 17.7 Å². The maximum atomic E-state index is 13.4. The zero-order chi connectivity index (χ0) is 13.3. The van der Waals surface area contributed by atoms with Crippen molar-refractivity contribution in [3.63, 3.8) is 0 Å². The monoisotopic (exact) mass is 314 g/mol. The number of aromatic nitrogens is 1. The van der Waals surface area contributed by atoms with Gasteiger partial charge in [0.25, 0.3) is 5.91 Å². The first-order valence-corrected chi connectivity index (χ1v) is 6.87. The molecule has 0 N–H and O–H groups in total. The lowest BCUT2D eigenvalue weighted by molar-refractivity contribution is 0.0622. The van der Waals surface area contributed by atoms with Crippen molar-refractivity contribution >= 4 is 21.8 Å². The average molecular weight is 315 g/mol. The lowest BCUT2D eigenvalue weighted by Crippen LogP contribution is -2.42. The van der Waals surface area contributed by atoms with Crippen molar-refractivity contribution in [2.45, 2.75) is 20.3 Å². The Hall–Kier alpha value is -0.970. The summed E-state index contributed by atoms with van der Waals surface area (Å²) < 4.78 is 13.5. The van der Waals surface area contributed by atoms with Crippen LogP contribution in [0.5, 0.6) is 0 Å². The van der Waals surface area contributed by atoms with E-state index in [2.05, 4.69) is 34.8 Å². The van der Waals surface area contributed by atoms with Crippen molar-refractivity contribution in [1.82, 2.24) is 9.88 Å². The van der Waals surface area contributed by atoms with Crippen LogP contribution in [-0.4, -0.2) is 28.9 Å². The van der Waals surface area contributed by atoms with E-state index in [1.807, 2.05) is 0 Å². The molecule has 1 fully saturated rings. The second-order valence-corrected chi connectivity index (χ2v) is 5.90. The van der Waals surface area contributed by atoms with E-state index >= 15 is 0 Å². The Morgan fingerprint density at radius 3 is 2.61 bits per heavy atom. The van der Waals surface area contributed by atoms with E-state index in [1.54, 1.807) is 4.90 Å². The molecule has 1 aromatic rings. The molecular formula is C13H16BrFN2O. The summed E-state index contributed by atoms with van der Waals surface area (Å²) in [6.45, 7) is 5.74. The second-order valence-electron chi connectivity index (χ2n) is 5.15. The minimum Gasteiger partial charge on any atom is -0.338 e.